The van der Waals surface area contributed by atoms with Crippen LogP contribution in [0.2, 0.25) is 0 Å². The SMILES string of the molecule is C/C=C/S(=O)(=O)N1CCC[C@@H](Oc2nc(-c3cnn(C)c3)cn3nccc23)C1. The second-order valence-electron chi connectivity index (χ2n) is 6.75. The van der Waals surface area contributed by atoms with Gasteiger partial charge in [-0.05, 0) is 25.8 Å². The first-order chi connectivity index (χ1) is 13.5. The minimum absolute atomic E-state index is 0.274. The van der Waals surface area contributed by atoms with Gasteiger partial charge in [0, 0.05) is 30.8 Å². The molecule has 0 bridgehead atoms. The molecule has 1 saturated heterocycles. The Kier molecular flexibility index (Phi) is 4.90. The fraction of sp³-hybridized carbons (Fsp3) is 0.389. The van der Waals surface area contributed by atoms with Crippen LogP contribution in [0.15, 0.2) is 42.3 Å². The Bertz CT molecular complexity index is 1120. The quantitative estimate of drug-likeness (QED) is 0.646. The minimum atomic E-state index is -3.41. The molecule has 1 fully saturated rings. The average Bonchev–Trinajstić information content (AvgIpc) is 3.31. The molecule has 1 aliphatic heterocycles. The van der Waals surface area contributed by atoms with Crippen LogP contribution in [-0.2, 0) is 17.1 Å². The highest BCUT2D eigenvalue weighted by Crippen LogP contribution is 2.26. The molecule has 1 aliphatic rings. The molecule has 0 N–H and O–H groups in total. The molecule has 1 atom stereocenters. The molecular weight excluding hydrogens is 380 g/mol. The Morgan fingerprint density at radius 1 is 1.29 bits per heavy atom. The number of aromatic nitrogens is 5. The molecular formula is C18H22N6O3S. The lowest BCUT2D eigenvalue weighted by Crippen LogP contribution is -2.43. The maximum atomic E-state index is 12.3. The first-order valence-corrected chi connectivity index (χ1v) is 10.6. The van der Waals surface area contributed by atoms with Crippen molar-refractivity contribution in [3.63, 3.8) is 0 Å². The Hall–Kier alpha value is -2.72. The summed E-state index contributed by atoms with van der Waals surface area (Å²) in [6.45, 7) is 2.49. The van der Waals surface area contributed by atoms with Crippen molar-refractivity contribution in [1.29, 1.82) is 0 Å². The van der Waals surface area contributed by atoms with Crippen molar-refractivity contribution in [2.75, 3.05) is 13.1 Å². The summed E-state index contributed by atoms with van der Waals surface area (Å²) in [6, 6.07) is 1.83. The van der Waals surface area contributed by atoms with Crippen molar-refractivity contribution in [2.45, 2.75) is 25.9 Å². The minimum Gasteiger partial charge on any atom is -0.471 e. The van der Waals surface area contributed by atoms with Crippen LogP contribution in [0.4, 0.5) is 0 Å². The summed E-state index contributed by atoms with van der Waals surface area (Å²) in [5.41, 5.74) is 2.28. The van der Waals surface area contributed by atoms with Crippen LogP contribution in [0.3, 0.4) is 0 Å². The summed E-state index contributed by atoms with van der Waals surface area (Å²) in [5, 5.41) is 9.71. The van der Waals surface area contributed by atoms with E-state index in [0.29, 0.717) is 24.7 Å². The van der Waals surface area contributed by atoms with Crippen molar-refractivity contribution in [3.05, 3.63) is 42.3 Å². The van der Waals surface area contributed by atoms with Gasteiger partial charge in [0.15, 0.2) is 0 Å². The number of sulfonamides is 1. The molecule has 0 aromatic carbocycles. The van der Waals surface area contributed by atoms with E-state index in [2.05, 4.69) is 15.2 Å². The largest absolute Gasteiger partial charge is 0.471 e. The van der Waals surface area contributed by atoms with Gasteiger partial charge >= 0.3 is 0 Å². The van der Waals surface area contributed by atoms with E-state index in [-0.39, 0.29) is 6.10 Å². The first-order valence-electron chi connectivity index (χ1n) is 9.09. The third kappa shape index (κ3) is 3.65. The van der Waals surface area contributed by atoms with Gasteiger partial charge in [-0.25, -0.2) is 17.9 Å². The summed E-state index contributed by atoms with van der Waals surface area (Å²) in [5.74, 6) is 0.439. The lowest BCUT2D eigenvalue weighted by molar-refractivity contribution is 0.126. The van der Waals surface area contributed by atoms with Gasteiger partial charge in [-0.3, -0.25) is 4.68 Å². The van der Waals surface area contributed by atoms with Crippen molar-refractivity contribution >= 4 is 15.5 Å². The van der Waals surface area contributed by atoms with Gasteiger partial charge in [0.2, 0.25) is 15.9 Å². The van der Waals surface area contributed by atoms with Crippen LogP contribution >= 0.6 is 0 Å². The van der Waals surface area contributed by atoms with Gasteiger partial charge in [-0.15, -0.1) is 0 Å². The number of rotatable bonds is 5. The predicted molar refractivity (Wildman–Crippen MR) is 104 cm³/mol. The maximum Gasteiger partial charge on any atom is 0.241 e. The van der Waals surface area contributed by atoms with E-state index in [1.807, 2.05) is 25.5 Å². The number of fused-ring (bicyclic) bond motifs is 1. The lowest BCUT2D eigenvalue weighted by Gasteiger charge is -2.31. The zero-order chi connectivity index (χ0) is 19.7. The molecule has 9 nitrogen and oxygen atoms in total. The normalized spacial score (nSPS) is 18.9. The monoisotopic (exact) mass is 402 g/mol. The number of hydrogen-bond acceptors (Lipinski definition) is 6. The number of piperidine rings is 1. The summed E-state index contributed by atoms with van der Waals surface area (Å²) < 4.78 is 35.7. The maximum absolute atomic E-state index is 12.3. The highest BCUT2D eigenvalue weighted by atomic mass is 32.2. The molecule has 28 heavy (non-hydrogen) atoms. The standard InChI is InChI=1S/C18H22N6O3S/c1-3-9-28(25,26)23-8-4-5-15(12-23)27-18-17-6-7-19-24(17)13-16(21-18)14-10-20-22(2)11-14/h3,6-7,9-11,13,15H,4-5,8,12H2,1-2H3/b9-3+/t15-/m1/s1. The second-order valence-corrected chi connectivity index (χ2v) is 8.57. The molecule has 0 radical (unpaired) electrons. The number of nitrogens with zero attached hydrogens (tertiary/aromatic N) is 6. The van der Waals surface area contributed by atoms with Crippen LogP contribution in [0, 0.1) is 0 Å². The molecule has 0 aliphatic carbocycles. The van der Waals surface area contributed by atoms with Crippen LogP contribution in [-0.4, -0.2) is 56.3 Å². The number of hydrogen-bond donors (Lipinski definition) is 0. The highest BCUT2D eigenvalue weighted by molar-refractivity contribution is 7.92. The Balaban J connectivity index is 1.63. The van der Waals surface area contributed by atoms with Gasteiger partial charge in [0.1, 0.15) is 11.6 Å². The van der Waals surface area contributed by atoms with Gasteiger partial charge in [-0.1, -0.05) is 6.08 Å². The number of ether oxygens (including phenoxy) is 1. The topological polar surface area (TPSA) is 94.6 Å². The van der Waals surface area contributed by atoms with Gasteiger partial charge in [-0.2, -0.15) is 14.5 Å². The molecule has 4 rings (SSSR count). The lowest BCUT2D eigenvalue weighted by atomic mass is 10.1. The fourth-order valence-electron chi connectivity index (χ4n) is 3.33. The fourth-order valence-corrected chi connectivity index (χ4v) is 4.60. The molecule has 0 spiro atoms. The molecule has 0 unspecified atom stereocenters. The van der Waals surface area contributed by atoms with Crippen molar-refractivity contribution in [2.24, 2.45) is 7.05 Å². The van der Waals surface area contributed by atoms with E-state index in [1.54, 1.807) is 28.5 Å². The highest BCUT2D eigenvalue weighted by Gasteiger charge is 2.29. The number of allylic oxidation sites excluding steroid dienone is 1. The number of aryl methyl sites for hydroxylation is 1. The zero-order valence-electron chi connectivity index (χ0n) is 15.8. The van der Waals surface area contributed by atoms with E-state index in [0.717, 1.165) is 23.9 Å². The summed E-state index contributed by atoms with van der Waals surface area (Å²) >= 11 is 0. The van der Waals surface area contributed by atoms with E-state index in [1.165, 1.54) is 15.8 Å². The molecule has 10 heteroatoms. The Labute approximate surface area is 163 Å². The van der Waals surface area contributed by atoms with Crippen LogP contribution in [0.5, 0.6) is 5.88 Å². The average molecular weight is 402 g/mol. The molecule has 0 saturated carbocycles. The Morgan fingerprint density at radius 3 is 2.89 bits per heavy atom. The van der Waals surface area contributed by atoms with E-state index in [4.69, 9.17) is 4.74 Å². The van der Waals surface area contributed by atoms with E-state index >= 15 is 0 Å². The van der Waals surface area contributed by atoms with E-state index in [9.17, 15) is 8.42 Å². The molecule has 0 amide bonds. The van der Waals surface area contributed by atoms with Gasteiger partial charge in [0.25, 0.3) is 0 Å². The molecule has 3 aromatic rings. The van der Waals surface area contributed by atoms with Crippen LogP contribution in [0.1, 0.15) is 19.8 Å². The molecule has 148 valence electrons. The van der Waals surface area contributed by atoms with Crippen LogP contribution in [0.25, 0.3) is 16.8 Å². The zero-order valence-corrected chi connectivity index (χ0v) is 16.6. The third-order valence-corrected chi connectivity index (χ3v) is 6.31. The van der Waals surface area contributed by atoms with Crippen molar-refractivity contribution in [1.82, 2.24) is 28.7 Å². The van der Waals surface area contributed by atoms with Gasteiger partial charge in [0.05, 0.1) is 30.8 Å². The van der Waals surface area contributed by atoms with Crippen molar-refractivity contribution in [3.8, 4) is 17.1 Å². The summed E-state index contributed by atoms with van der Waals surface area (Å²) in [4.78, 5) is 4.66. The first kappa shape index (κ1) is 18.6. The van der Waals surface area contributed by atoms with Gasteiger partial charge < -0.3 is 4.74 Å². The smallest absolute Gasteiger partial charge is 0.241 e. The summed E-state index contributed by atoms with van der Waals surface area (Å²) in [6.07, 6.45) is 9.86. The summed E-state index contributed by atoms with van der Waals surface area (Å²) in [7, 11) is -1.57. The third-order valence-electron chi connectivity index (χ3n) is 4.64. The van der Waals surface area contributed by atoms with Crippen LogP contribution < -0.4 is 4.74 Å². The predicted octanol–water partition coefficient (Wildman–Crippen LogP) is 1.84. The van der Waals surface area contributed by atoms with Crippen molar-refractivity contribution < 1.29 is 13.2 Å². The second kappa shape index (κ2) is 7.36. The molecule has 3 aromatic heterocycles. The van der Waals surface area contributed by atoms with E-state index < -0.39 is 10.0 Å². The Morgan fingerprint density at radius 2 is 2.14 bits per heavy atom. The molecule has 4 heterocycles.